The summed E-state index contributed by atoms with van der Waals surface area (Å²) in [6.45, 7) is 3.77. The Morgan fingerprint density at radius 1 is 1.16 bits per heavy atom. The minimum absolute atomic E-state index is 0.175. The van der Waals surface area contributed by atoms with E-state index in [9.17, 15) is 9.18 Å². The standard InChI is InChI=1S/C15H13BrFNO/c1-9-3-4-10(2)12(7-9)15(19)18-14-6-5-11(16)8-13(14)17/h3-8H,1-2H3,(H,18,19). The first-order valence-electron chi connectivity index (χ1n) is 5.81. The smallest absolute Gasteiger partial charge is 0.256 e. The number of rotatable bonds is 2. The van der Waals surface area contributed by atoms with Crippen LogP contribution in [0.1, 0.15) is 21.5 Å². The summed E-state index contributed by atoms with van der Waals surface area (Å²) in [5.74, 6) is -0.768. The number of benzene rings is 2. The van der Waals surface area contributed by atoms with Gasteiger partial charge in [0.05, 0.1) is 5.69 Å². The van der Waals surface area contributed by atoms with E-state index < -0.39 is 5.82 Å². The van der Waals surface area contributed by atoms with E-state index in [1.807, 2.05) is 26.0 Å². The molecule has 0 aliphatic carbocycles. The van der Waals surface area contributed by atoms with Crippen LogP contribution in [-0.4, -0.2) is 5.91 Å². The lowest BCUT2D eigenvalue weighted by Gasteiger charge is -2.09. The van der Waals surface area contributed by atoms with Gasteiger partial charge in [0.2, 0.25) is 0 Å². The van der Waals surface area contributed by atoms with Crippen molar-refractivity contribution in [1.29, 1.82) is 0 Å². The molecule has 98 valence electrons. The highest BCUT2D eigenvalue weighted by Crippen LogP contribution is 2.20. The van der Waals surface area contributed by atoms with Crippen molar-refractivity contribution in [3.05, 3.63) is 63.4 Å². The molecule has 2 rings (SSSR count). The van der Waals surface area contributed by atoms with E-state index in [0.29, 0.717) is 10.0 Å². The molecule has 0 bridgehead atoms. The maximum absolute atomic E-state index is 13.7. The van der Waals surface area contributed by atoms with Crippen molar-refractivity contribution in [2.24, 2.45) is 0 Å². The Hall–Kier alpha value is -1.68. The molecule has 0 aliphatic rings. The van der Waals surface area contributed by atoms with Crippen LogP contribution in [0.2, 0.25) is 0 Å². The van der Waals surface area contributed by atoms with E-state index in [4.69, 9.17) is 0 Å². The molecule has 2 aromatic rings. The van der Waals surface area contributed by atoms with E-state index in [1.165, 1.54) is 12.1 Å². The van der Waals surface area contributed by atoms with Gasteiger partial charge in [-0.15, -0.1) is 0 Å². The minimum atomic E-state index is -0.465. The van der Waals surface area contributed by atoms with Crippen LogP contribution < -0.4 is 5.32 Å². The number of halogens is 2. The van der Waals surface area contributed by atoms with Crippen molar-refractivity contribution in [3.63, 3.8) is 0 Å². The second-order valence-corrected chi connectivity index (χ2v) is 5.31. The lowest BCUT2D eigenvalue weighted by atomic mass is 10.1. The van der Waals surface area contributed by atoms with Gasteiger partial charge in [-0.05, 0) is 43.7 Å². The van der Waals surface area contributed by atoms with E-state index in [0.717, 1.165) is 11.1 Å². The zero-order chi connectivity index (χ0) is 14.0. The van der Waals surface area contributed by atoms with Crippen LogP contribution in [0.25, 0.3) is 0 Å². The fourth-order valence-electron chi connectivity index (χ4n) is 1.76. The predicted molar refractivity (Wildman–Crippen MR) is 78.0 cm³/mol. The average Bonchev–Trinajstić information content (AvgIpc) is 2.35. The van der Waals surface area contributed by atoms with Crippen LogP contribution in [0.15, 0.2) is 40.9 Å². The van der Waals surface area contributed by atoms with Crippen LogP contribution in [0.5, 0.6) is 0 Å². The molecule has 0 aliphatic heterocycles. The molecule has 0 spiro atoms. The highest BCUT2D eigenvalue weighted by molar-refractivity contribution is 9.10. The van der Waals surface area contributed by atoms with Crippen LogP contribution in [0.3, 0.4) is 0 Å². The summed E-state index contributed by atoms with van der Waals surface area (Å²) in [7, 11) is 0. The molecule has 2 nitrogen and oxygen atoms in total. The number of carbonyl (C=O) groups excluding carboxylic acids is 1. The van der Waals surface area contributed by atoms with Gasteiger partial charge in [0, 0.05) is 10.0 Å². The minimum Gasteiger partial charge on any atom is -0.319 e. The van der Waals surface area contributed by atoms with Crippen molar-refractivity contribution >= 4 is 27.5 Å². The Bertz CT molecular complexity index is 640. The molecule has 0 atom stereocenters. The van der Waals surface area contributed by atoms with Crippen molar-refractivity contribution in [2.45, 2.75) is 13.8 Å². The second-order valence-electron chi connectivity index (χ2n) is 4.40. The summed E-state index contributed by atoms with van der Waals surface area (Å²) in [5.41, 5.74) is 2.59. The Balaban J connectivity index is 2.28. The molecule has 0 radical (unpaired) electrons. The molecule has 0 saturated carbocycles. The number of amides is 1. The number of carbonyl (C=O) groups is 1. The van der Waals surface area contributed by atoms with Crippen LogP contribution in [-0.2, 0) is 0 Å². The average molecular weight is 322 g/mol. The summed E-state index contributed by atoms with van der Waals surface area (Å²) in [6.07, 6.45) is 0. The molecule has 1 amide bonds. The van der Waals surface area contributed by atoms with E-state index in [1.54, 1.807) is 12.1 Å². The van der Waals surface area contributed by atoms with Crippen LogP contribution in [0.4, 0.5) is 10.1 Å². The number of aryl methyl sites for hydroxylation is 2. The van der Waals surface area contributed by atoms with E-state index >= 15 is 0 Å². The van der Waals surface area contributed by atoms with Gasteiger partial charge < -0.3 is 5.32 Å². The Morgan fingerprint density at radius 2 is 1.89 bits per heavy atom. The fourth-order valence-corrected chi connectivity index (χ4v) is 2.09. The third kappa shape index (κ3) is 3.20. The Morgan fingerprint density at radius 3 is 2.58 bits per heavy atom. The van der Waals surface area contributed by atoms with Crippen molar-refractivity contribution in [3.8, 4) is 0 Å². The monoisotopic (exact) mass is 321 g/mol. The molecule has 0 unspecified atom stereocenters. The highest BCUT2D eigenvalue weighted by atomic mass is 79.9. The zero-order valence-corrected chi connectivity index (χ0v) is 12.2. The summed E-state index contributed by atoms with van der Waals surface area (Å²) in [6, 6.07) is 10.1. The third-order valence-electron chi connectivity index (χ3n) is 2.82. The van der Waals surface area contributed by atoms with Gasteiger partial charge in [-0.25, -0.2) is 4.39 Å². The number of anilines is 1. The number of hydrogen-bond donors (Lipinski definition) is 1. The molecule has 4 heteroatoms. The quantitative estimate of drug-likeness (QED) is 0.869. The van der Waals surface area contributed by atoms with Gasteiger partial charge in [0.1, 0.15) is 5.82 Å². The normalized spacial score (nSPS) is 10.3. The molecular weight excluding hydrogens is 309 g/mol. The largest absolute Gasteiger partial charge is 0.319 e. The molecule has 0 fully saturated rings. The molecule has 0 aromatic heterocycles. The SMILES string of the molecule is Cc1ccc(C)c(C(=O)Nc2ccc(Br)cc2F)c1. The van der Waals surface area contributed by atoms with Crippen molar-refractivity contribution in [1.82, 2.24) is 0 Å². The first-order chi connectivity index (χ1) is 8.97. The summed E-state index contributed by atoms with van der Waals surface area (Å²) >= 11 is 3.18. The molecule has 2 aromatic carbocycles. The maximum Gasteiger partial charge on any atom is 0.256 e. The lowest BCUT2D eigenvalue weighted by Crippen LogP contribution is -2.14. The highest BCUT2D eigenvalue weighted by Gasteiger charge is 2.12. The Kier molecular flexibility index (Phi) is 4.00. The summed E-state index contributed by atoms with van der Waals surface area (Å²) in [5, 5.41) is 2.59. The van der Waals surface area contributed by atoms with Gasteiger partial charge in [-0.1, -0.05) is 33.6 Å². The summed E-state index contributed by atoms with van der Waals surface area (Å²) < 4.78 is 14.3. The van der Waals surface area contributed by atoms with E-state index in [2.05, 4.69) is 21.2 Å². The second kappa shape index (κ2) is 5.53. The van der Waals surface area contributed by atoms with Gasteiger partial charge in [0.25, 0.3) is 5.91 Å². The zero-order valence-electron chi connectivity index (χ0n) is 10.6. The number of nitrogens with one attached hydrogen (secondary N) is 1. The lowest BCUT2D eigenvalue weighted by molar-refractivity contribution is 0.102. The van der Waals surface area contributed by atoms with Crippen molar-refractivity contribution < 1.29 is 9.18 Å². The third-order valence-corrected chi connectivity index (χ3v) is 3.31. The van der Waals surface area contributed by atoms with Gasteiger partial charge in [-0.3, -0.25) is 4.79 Å². The van der Waals surface area contributed by atoms with Gasteiger partial charge in [0.15, 0.2) is 0 Å². The molecular formula is C15H13BrFNO. The summed E-state index contributed by atoms with van der Waals surface area (Å²) in [4.78, 5) is 12.1. The van der Waals surface area contributed by atoms with Gasteiger partial charge in [-0.2, -0.15) is 0 Å². The maximum atomic E-state index is 13.7. The van der Waals surface area contributed by atoms with E-state index in [-0.39, 0.29) is 11.6 Å². The molecule has 0 saturated heterocycles. The first-order valence-corrected chi connectivity index (χ1v) is 6.60. The Labute approximate surface area is 119 Å². The first kappa shape index (κ1) is 13.7. The topological polar surface area (TPSA) is 29.1 Å². The van der Waals surface area contributed by atoms with Crippen LogP contribution >= 0.6 is 15.9 Å². The molecule has 0 heterocycles. The van der Waals surface area contributed by atoms with Gasteiger partial charge >= 0.3 is 0 Å². The van der Waals surface area contributed by atoms with Crippen LogP contribution in [0, 0.1) is 19.7 Å². The molecule has 1 N–H and O–H groups in total. The number of hydrogen-bond acceptors (Lipinski definition) is 1. The fraction of sp³-hybridized carbons (Fsp3) is 0.133. The molecule has 19 heavy (non-hydrogen) atoms. The predicted octanol–water partition coefficient (Wildman–Crippen LogP) is 4.46. The van der Waals surface area contributed by atoms with Crippen molar-refractivity contribution in [2.75, 3.05) is 5.32 Å².